The molecule has 0 unspecified atom stereocenters. The average molecular weight is 462 g/mol. The maximum absolute atomic E-state index is 12.5. The Morgan fingerprint density at radius 3 is 2.62 bits per heavy atom. The fourth-order valence-electron chi connectivity index (χ4n) is 3.72. The minimum Gasteiger partial charge on any atom is -0.469 e. The molecule has 0 spiro atoms. The molecule has 0 saturated heterocycles. The summed E-state index contributed by atoms with van der Waals surface area (Å²) in [6.07, 6.45) is 2.47. The topological polar surface area (TPSA) is 126 Å². The van der Waals surface area contributed by atoms with E-state index in [0.717, 1.165) is 17.0 Å². The highest BCUT2D eigenvalue weighted by atomic mass is 16.4. The zero-order valence-electron chi connectivity index (χ0n) is 19.6. The van der Waals surface area contributed by atoms with Crippen LogP contribution in [0.4, 0.5) is 5.69 Å². The van der Waals surface area contributed by atoms with Gasteiger partial charge in [-0.05, 0) is 63.9 Å². The van der Waals surface area contributed by atoms with Crippen molar-refractivity contribution in [3.63, 3.8) is 0 Å². The SMILES string of the molecule is Cc1n[nH]c(C)c1CCC(=O)NCc1nc(-c2cccc(NC(=O)c3ccoc3C)c2)oc1C. The van der Waals surface area contributed by atoms with Crippen LogP contribution in [0.5, 0.6) is 0 Å². The van der Waals surface area contributed by atoms with Crippen molar-refractivity contribution in [1.29, 1.82) is 0 Å². The number of furan rings is 1. The first kappa shape index (κ1) is 23.0. The van der Waals surface area contributed by atoms with E-state index in [-0.39, 0.29) is 18.4 Å². The van der Waals surface area contributed by atoms with Crippen LogP contribution in [-0.4, -0.2) is 27.0 Å². The predicted octanol–water partition coefficient (Wildman–Crippen LogP) is 4.39. The van der Waals surface area contributed by atoms with Crippen LogP contribution in [0.15, 0.2) is 45.4 Å². The predicted molar refractivity (Wildman–Crippen MR) is 126 cm³/mol. The van der Waals surface area contributed by atoms with Crippen molar-refractivity contribution >= 4 is 17.5 Å². The maximum Gasteiger partial charge on any atom is 0.259 e. The molecule has 9 heteroatoms. The van der Waals surface area contributed by atoms with E-state index in [2.05, 4.69) is 25.8 Å². The first-order valence-electron chi connectivity index (χ1n) is 11.0. The summed E-state index contributed by atoms with van der Waals surface area (Å²) in [6, 6.07) is 8.87. The lowest BCUT2D eigenvalue weighted by molar-refractivity contribution is -0.121. The van der Waals surface area contributed by atoms with Crippen LogP contribution in [0.1, 0.15) is 50.9 Å². The monoisotopic (exact) mass is 461 g/mol. The molecule has 2 amide bonds. The van der Waals surface area contributed by atoms with Gasteiger partial charge in [0, 0.05) is 23.4 Å². The Morgan fingerprint density at radius 1 is 1.09 bits per heavy atom. The van der Waals surface area contributed by atoms with Gasteiger partial charge in [0.25, 0.3) is 5.91 Å². The smallest absolute Gasteiger partial charge is 0.259 e. The second kappa shape index (κ2) is 9.78. The summed E-state index contributed by atoms with van der Waals surface area (Å²) in [7, 11) is 0. The number of hydrogen-bond donors (Lipinski definition) is 3. The van der Waals surface area contributed by atoms with Gasteiger partial charge in [0.15, 0.2) is 0 Å². The van der Waals surface area contributed by atoms with Gasteiger partial charge in [0.05, 0.1) is 24.1 Å². The van der Waals surface area contributed by atoms with E-state index < -0.39 is 0 Å². The molecule has 0 bridgehead atoms. The van der Waals surface area contributed by atoms with Crippen molar-refractivity contribution in [2.24, 2.45) is 0 Å². The van der Waals surface area contributed by atoms with E-state index in [1.165, 1.54) is 6.26 Å². The molecule has 0 radical (unpaired) electrons. The summed E-state index contributed by atoms with van der Waals surface area (Å²) in [4.78, 5) is 29.4. The Balaban J connectivity index is 1.38. The number of amides is 2. The number of carbonyl (C=O) groups is 2. The molecule has 0 aliphatic rings. The lowest BCUT2D eigenvalue weighted by atomic mass is 10.1. The number of nitrogens with one attached hydrogen (secondary N) is 3. The van der Waals surface area contributed by atoms with E-state index >= 15 is 0 Å². The third-order valence-corrected chi connectivity index (χ3v) is 5.70. The van der Waals surface area contributed by atoms with Crippen molar-refractivity contribution in [3.8, 4) is 11.5 Å². The third kappa shape index (κ3) is 5.09. The first-order chi connectivity index (χ1) is 16.3. The zero-order chi connectivity index (χ0) is 24.2. The normalized spacial score (nSPS) is 10.9. The minimum atomic E-state index is -0.254. The first-order valence-corrected chi connectivity index (χ1v) is 11.0. The number of hydrogen-bond acceptors (Lipinski definition) is 6. The van der Waals surface area contributed by atoms with Crippen LogP contribution in [0.25, 0.3) is 11.5 Å². The average Bonchev–Trinajstić information content (AvgIpc) is 3.50. The number of benzene rings is 1. The fourth-order valence-corrected chi connectivity index (χ4v) is 3.72. The summed E-state index contributed by atoms with van der Waals surface area (Å²) in [5.41, 5.74) is 5.44. The summed E-state index contributed by atoms with van der Waals surface area (Å²) in [5.74, 6) is 1.28. The van der Waals surface area contributed by atoms with Gasteiger partial charge in [-0.15, -0.1) is 0 Å². The van der Waals surface area contributed by atoms with Gasteiger partial charge >= 0.3 is 0 Å². The molecule has 9 nitrogen and oxygen atoms in total. The van der Waals surface area contributed by atoms with Gasteiger partial charge in [-0.25, -0.2) is 4.98 Å². The van der Waals surface area contributed by atoms with Crippen LogP contribution in [-0.2, 0) is 17.8 Å². The van der Waals surface area contributed by atoms with E-state index in [9.17, 15) is 9.59 Å². The van der Waals surface area contributed by atoms with E-state index in [0.29, 0.717) is 52.8 Å². The van der Waals surface area contributed by atoms with Gasteiger partial charge < -0.3 is 19.5 Å². The highest BCUT2D eigenvalue weighted by molar-refractivity contribution is 6.05. The molecule has 4 aromatic rings. The number of rotatable bonds is 8. The molecule has 34 heavy (non-hydrogen) atoms. The van der Waals surface area contributed by atoms with Crippen molar-refractivity contribution in [1.82, 2.24) is 20.5 Å². The van der Waals surface area contributed by atoms with Crippen LogP contribution in [0.2, 0.25) is 0 Å². The van der Waals surface area contributed by atoms with E-state index in [4.69, 9.17) is 8.83 Å². The van der Waals surface area contributed by atoms with E-state index in [1.54, 1.807) is 25.1 Å². The number of carbonyl (C=O) groups excluding carboxylic acids is 2. The highest BCUT2D eigenvalue weighted by Crippen LogP contribution is 2.25. The Kier molecular flexibility index (Phi) is 6.62. The lowest BCUT2D eigenvalue weighted by Gasteiger charge is -2.05. The maximum atomic E-state index is 12.5. The quantitative estimate of drug-likeness (QED) is 0.357. The van der Waals surface area contributed by atoms with Crippen molar-refractivity contribution in [2.75, 3.05) is 5.32 Å². The molecule has 0 atom stereocenters. The Hall–Kier alpha value is -4.14. The second-order valence-electron chi connectivity index (χ2n) is 8.14. The van der Waals surface area contributed by atoms with Gasteiger partial charge in [-0.1, -0.05) is 6.07 Å². The summed E-state index contributed by atoms with van der Waals surface area (Å²) in [6.45, 7) is 7.69. The largest absolute Gasteiger partial charge is 0.469 e. The molecule has 0 aliphatic carbocycles. The number of aryl methyl sites for hydroxylation is 4. The van der Waals surface area contributed by atoms with Crippen molar-refractivity contribution in [2.45, 2.75) is 47.1 Å². The number of aromatic amines is 1. The van der Waals surface area contributed by atoms with Crippen molar-refractivity contribution in [3.05, 3.63) is 76.3 Å². The van der Waals surface area contributed by atoms with Crippen molar-refractivity contribution < 1.29 is 18.4 Å². The van der Waals surface area contributed by atoms with Crippen LogP contribution in [0, 0.1) is 27.7 Å². The summed E-state index contributed by atoms with van der Waals surface area (Å²) >= 11 is 0. The van der Waals surface area contributed by atoms with Crippen LogP contribution >= 0.6 is 0 Å². The Labute approximate surface area is 197 Å². The molecular formula is C25H27N5O4. The molecule has 3 N–H and O–H groups in total. The Bertz CT molecular complexity index is 1310. The molecule has 3 aromatic heterocycles. The number of nitrogens with zero attached hydrogens (tertiary/aromatic N) is 2. The third-order valence-electron chi connectivity index (χ3n) is 5.70. The molecule has 3 heterocycles. The lowest BCUT2D eigenvalue weighted by Crippen LogP contribution is -2.23. The molecule has 4 rings (SSSR count). The number of H-pyrrole nitrogens is 1. The van der Waals surface area contributed by atoms with Gasteiger partial charge in [0.2, 0.25) is 11.8 Å². The second-order valence-corrected chi connectivity index (χ2v) is 8.14. The minimum absolute atomic E-state index is 0.0665. The fraction of sp³-hybridized carbons (Fsp3) is 0.280. The zero-order valence-corrected chi connectivity index (χ0v) is 19.6. The number of oxazole rings is 1. The van der Waals surface area contributed by atoms with Gasteiger partial charge in [0.1, 0.15) is 17.2 Å². The molecule has 0 fully saturated rings. The highest BCUT2D eigenvalue weighted by Gasteiger charge is 2.16. The van der Waals surface area contributed by atoms with Crippen LogP contribution in [0.3, 0.4) is 0 Å². The number of aromatic nitrogens is 3. The molecule has 0 aliphatic heterocycles. The van der Waals surface area contributed by atoms with Gasteiger partial charge in [-0.3, -0.25) is 14.7 Å². The molecule has 1 aromatic carbocycles. The Morgan fingerprint density at radius 2 is 1.91 bits per heavy atom. The molecule has 0 saturated carbocycles. The summed E-state index contributed by atoms with van der Waals surface area (Å²) < 4.78 is 11.0. The number of anilines is 1. The van der Waals surface area contributed by atoms with Crippen LogP contribution < -0.4 is 10.6 Å². The molecular weight excluding hydrogens is 434 g/mol. The van der Waals surface area contributed by atoms with E-state index in [1.807, 2.05) is 32.9 Å². The molecule has 176 valence electrons. The standard InChI is InChI=1S/C25H27N5O4/c1-14-20(15(2)30-29-14)8-9-23(31)26-13-22-17(4)34-25(28-22)18-6-5-7-19(12-18)27-24(32)21-10-11-33-16(21)3/h5-7,10-12H,8-9,13H2,1-4H3,(H,26,31)(H,27,32)(H,29,30). The van der Waals surface area contributed by atoms with Gasteiger partial charge in [-0.2, -0.15) is 5.10 Å². The summed E-state index contributed by atoms with van der Waals surface area (Å²) in [5, 5.41) is 12.9.